The Morgan fingerprint density at radius 3 is 2.60 bits per heavy atom. The summed E-state index contributed by atoms with van der Waals surface area (Å²) in [6.07, 6.45) is 0. The first kappa shape index (κ1) is 16.9. The summed E-state index contributed by atoms with van der Waals surface area (Å²) < 4.78 is 32.0. The highest BCUT2D eigenvalue weighted by Gasteiger charge is 2.17. The van der Waals surface area contributed by atoms with Gasteiger partial charge in [0.05, 0.1) is 12.3 Å². The molecule has 0 bridgehead atoms. The Kier molecular flexibility index (Phi) is 6.94. The minimum Gasteiger partial charge on any atom is -0.387 e. The molecule has 7 heteroatoms. The lowest BCUT2D eigenvalue weighted by Crippen LogP contribution is -2.34. The van der Waals surface area contributed by atoms with Gasteiger partial charge in [0.15, 0.2) is 0 Å². The van der Waals surface area contributed by atoms with E-state index >= 15 is 0 Å². The van der Waals surface area contributed by atoms with Crippen LogP contribution in [-0.2, 0) is 14.8 Å². The van der Waals surface area contributed by atoms with Crippen LogP contribution in [0.15, 0.2) is 29.2 Å². The van der Waals surface area contributed by atoms with E-state index in [0.29, 0.717) is 25.4 Å². The Bertz CT molecular complexity index is 505. The van der Waals surface area contributed by atoms with E-state index in [9.17, 15) is 8.42 Å². The number of sulfonamides is 1. The molecule has 0 heterocycles. The molecule has 0 fully saturated rings. The molecular weight excluding hydrogens is 278 g/mol. The van der Waals surface area contributed by atoms with Gasteiger partial charge in [-0.2, -0.15) is 0 Å². The summed E-state index contributed by atoms with van der Waals surface area (Å²) in [7, 11) is 1.78. The number of nitrogens with one attached hydrogen (secondary N) is 2. The molecule has 0 aliphatic rings. The molecule has 1 aromatic rings. The van der Waals surface area contributed by atoms with E-state index in [1.807, 2.05) is 11.9 Å². The molecule has 0 saturated carbocycles. The van der Waals surface area contributed by atoms with Gasteiger partial charge in [0.2, 0.25) is 10.0 Å². The maximum atomic E-state index is 12.2. The van der Waals surface area contributed by atoms with Crippen molar-refractivity contribution in [3.05, 3.63) is 24.3 Å². The van der Waals surface area contributed by atoms with Crippen LogP contribution in [-0.4, -0.2) is 60.8 Å². The molecule has 1 aromatic carbocycles. The van der Waals surface area contributed by atoms with E-state index in [1.54, 1.807) is 38.4 Å². The van der Waals surface area contributed by atoms with Gasteiger partial charge in [0.1, 0.15) is 4.90 Å². The second-order valence-corrected chi connectivity index (χ2v) is 6.18. The quantitative estimate of drug-likeness (QED) is 0.698. The third-order valence-corrected chi connectivity index (χ3v) is 4.43. The molecule has 20 heavy (non-hydrogen) atoms. The number of rotatable bonds is 9. The van der Waals surface area contributed by atoms with Gasteiger partial charge in [0, 0.05) is 33.8 Å². The van der Waals surface area contributed by atoms with E-state index in [0.717, 1.165) is 6.54 Å². The summed E-state index contributed by atoms with van der Waals surface area (Å²) in [5, 5.41) is 2.88. The second kappa shape index (κ2) is 8.21. The predicted molar refractivity (Wildman–Crippen MR) is 80.6 cm³/mol. The van der Waals surface area contributed by atoms with Crippen molar-refractivity contribution < 1.29 is 13.2 Å². The number of benzene rings is 1. The molecule has 114 valence electrons. The summed E-state index contributed by atoms with van der Waals surface area (Å²) in [6.45, 7) is 2.39. The lowest BCUT2D eigenvalue weighted by atomic mass is 10.3. The van der Waals surface area contributed by atoms with Crippen LogP contribution in [0.2, 0.25) is 0 Å². The van der Waals surface area contributed by atoms with Crippen molar-refractivity contribution in [1.82, 2.24) is 9.62 Å². The molecule has 0 aliphatic carbocycles. The lowest BCUT2D eigenvalue weighted by molar-refractivity contribution is 0.162. The van der Waals surface area contributed by atoms with Gasteiger partial charge in [-0.3, -0.25) is 0 Å². The van der Waals surface area contributed by atoms with Crippen LogP contribution < -0.4 is 10.0 Å². The molecule has 0 radical (unpaired) electrons. The largest absolute Gasteiger partial charge is 0.387 e. The van der Waals surface area contributed by atoms with Crippen molar-refractivity contribution in [3.63, 3.8) is 0 Å². The van der Waals surface area contributed by atoms with Crippen molar-refractivity contribution >= 4 is 15.7 Å². The number of ether oxygens (including phenoxy) is 1. The number of likely N-dealkylation sites (N-methyl/N-ethyl adjacent to an activating group) is 1. The van der Waals surface area contributed by atoms with Crippen LogP contribution in [0.25, 0.3) is 0 Å². The van der Waals surface area contributed by atoms with Gasteiger partial charge in [-0.25, -0.2) is 13.1 Å². The standard InChI is InChI=1S/C13H23N3O3S/c1-14-12-6-4-5-7-13(12)20(17,18)15-8-9-16(2)10-11-19-3/h4-7,14-15H,8-11H2,1-3H3. The Morgan fingerprint density at radius 2 is 1.95 bits per heavy atom. The number of methoxy groups -OCH3 is 1. The first-order valence-corrected chi connectivity index (χ1v) is 7.93. The van der Waals surface area contributed by atoms with Crippen molar-refractivity contribution in [2.24, 2.45) is 0 Å². The van der Waals surface area contributed by atoms with Gasteiger partial charge in [-0.15, -0.1) is 0 Å². The minimum absolute atomic E-state index is 0.266. The first-order chi connectivity index (χ1) is 9.51. The maximum absolute atomic E-state index is 12.2. The molecule has 0 atom stereocenters. The number of hydrogen-bond acceptors (Lipinski definition) is 5. The highest BCUT2D eigenvalue weighted by molar-refractivity contribution is 7.89. The highest BCUT2D eigenvalue weighted by atomic mass is 32.2. The third-order valence-electron chi connectivity index (χ3n) is 2.91. The Balaban J connectivity index is 2.58. The average molecular weight is 301 g/mol. The summed E-state index contributed by atoms with van der Waals surface area (Å²) in [4.78, 5) is 2.28. The molecule has 0 saturated heterocycles. The van der Waals surface area contributed by atoms with Gasteiger partial charge in [-0.1, -0.05) is 12.1 Å². The average Bonchev–Trinajstić information content (AvgIpc) is 2.44. The van der Waals surface area contributed by atoms with E-state index in [-0.39, 0.29) is 4.90 Å². The van der Waals surface area contributed by atoms with Crippen LogP contribution in [0, 0.1) is 0 Å². The molecule has 0 aliphatic heterocycles. The van der Waals surface area contributed by atoms with E-state index in [1.165, 1.54) is 0 Å². The van der Waals surface area contributed by atoms with E-state index in [4.69, 9.17) is 4.74 Å². The molecular formula is C13H23N3O3S. The smallest absolute Gasteiger partial charge is 0.242 e. The summed E-state index contributed by atoms with van der Waals surface area (Å²) in [5.41, 5.74) is 0.590. The number of para-hydroxylation sites is 1. The molecule has 2 N–H and O–H groups in total. The van der Waals surface area contributed by atoms with E-state index < -0.39 is 10.0 Å². The first-order valence-electron chi connectivity index (χ1n) is 6.45. The predicted octanol–water partition coefficient (Wildman–Crippen LogP) is 0.585. The summed E-state index contributed by atoms with van der Waals surface area (Å²) in [5.74, 6) is 0. The maximum Gasteiger partial charge on any atom is 0.242 e. The van der Waals surface area contributed by atoms with Crippen LogP contribution in [0.3, 0.4) is 0 Å². The number of anilines is 1. The zero-order chi connectivity index (χ0) is 15.0. The zero-order valence-corrected chi connectivity index (χ0v) is 13.0. The summed E-state index contributed by atoms with van der Waals surface area (Å²) >= 11 is 0. The fraction of sp³-hybridized carbons (Fsp3) is 0.538. The highest BCUT2D eigenvalue weighted by Crippen LogP contribution is 2.19. The van der Waals surface area contributed by atoms with Crippen LogP contribution >= 0.6 is 0 Å². The van der Waals surface area contributed by atoms with Gasteiger partial charge in [-0.05, 0) is 19.2 Å². The molecule has 0 aromatic heterocycles. The number of nitrogens with zero attached hydrogens (tertiary/aromatic N) is 1. The van der Waals surface area contributed by atoms with Crippen molar-refractivity contribution in [2.75, 3.05) is 52.8 Å². The molecule has 0 spiro atoms. The van der Waals surface area contributed by atoms with Crippen LogP contribution in [0.1, 0.15) is 0 Å². The fourth-order valence-corrected chi connectivity index (χ4v) is 2.95. The third kappa shape index (κ3) is 5.09. The molecule has 1 rings (SSSR count). The van der Waals surface area contributed by atoms with Crippen molar-refractivity contribution in [1.29, 1.82) is 0 Å². The van der Waals surface area contributed by atoms with Crippen LogP contribution in [0.4, 0.5) is 5.69 Å². The second-order valence-electron chi connectivity index (χ2n) is 4.44. The Hall–Kier alpha value is -1.15. The Morgan fingerprint density at radius 1 is 1.25 bits per heavy atom. The lowest BCUT2D eigenvalue weighted by Gasteiger charge is -2.17. The van der Waals surface area contributed by atoms with Crippen molar-refractivity contribution in [3.8, 4) is 0 Å². The van der Waals surface area contributed by atoms with Gasteiger partial charge in [0.25, 0.3) is 0 Å². The van der Waals surface area contributed by atoms with Crippen LogP contribution in [0.5, 0.6) is 0 Å². The minimum atomic E-state index is -3.49. The van der Waals surface area contributed by atoms with Crippen molar-refractivity contribution in [2.45, 2.75) is 4.90 Å². The molecule has 0 unspecified atom stereocenters. The number of hydrogen-bond donors (Lipinski definition) is 2. The van der Waals surface area contributed by atoms with Gasteiger partial charge < -0.3 is 15.0 Å². The Labute approximate surface area is 121 Å². The SMILES string of the molecule is CNc1ccccc1S(=O)(=O)NCCN(C)CCOC. The molecule has 0 amide bonds. The van der Waals surface area contributed by atoms with E-state index in [2.05, 4.69) is 10.0 Å². The topological polar surface area (TPSA) is 70.7 Å². The zero-order valence-electron chi connectivity index (χ0n) is 12.2. The fourth-order valence-electron chi connectivity index (χ4n) is 1.72. The summed E-state index contributed by atoms with van der Waals surface area (Å²) in [6, 6.07) is 6.82. The van der Waals surface area contributed by atoms with Gasteiger partial charge >= 0.3 is 0 Å². The molecule has 6 nitrogen and oxygen atoms in total. The monoisotopic (exact) mass is 301 g/mol. The normalized spacial score (nSPS) is 11.8.